The van der Waals surface area contributed by atoms with Crippen molar-refractivity contribution in [3.63, 3.8) is 0 Å². The molecule has 0 aliphatic rings. The number of nitrogens with one attached hydrogen (secondary N) is 1. The molecule has 0 bridgehead atoms. The molecule has 5 nitrogen and oxygen atoms in total. The van der Waals surface area contributed by atoms with Crippen LogP contribution in [-0.2, 0) is 4.74 Å². The van der Waals surface area contributed by atoms with Gasteiger partial charge in [0.2, 0.25) is 0 Å². The lowest BCUT2D eigenvalue weighted by Gasteiger charge is -2.14. The highest BCUT2D eigenvalue weighted by atomic mass is 16.6. The number of nitro groups is 1. The van der Waals surface area contributed by atoms with Crippen molar-refractivity contribution < 1.29 is 9.66 Å². The van der Waals surface area contributed by atoms with Crippen molar-refractivity contribution in [3.8, 4) is 0 Å². The van der Waals surface area contributed by atoms with Crippen molar-refractivity contribution in [2.45, 2.75) is 39.7 Å². The van der Waals surface area contributed by atoms with E-state index in [9.17, 15) is 10.1 Å². The summed E-state index contributed by atoms with van der Waals surface area (Å²) >= 11 is 0. The average molecular weight is 280 g/mol. The van der Waals surface area contributed by atoms with Crippen LogP contribution in [0.25, 0.3) is 0 Å². The molecule has 0 fully saturated rings. The quantitative estimate of drug-likeness (QED) is 0.428. The van der Waals surface area contributed by atoms with Crippen LogP contribution in [0, 0.1) is 17.0 Å². The lowest BCUT2D eigenvalue weighted by molar-refractivity contribution is -0.385. The van der Waals surface area contributed by atoms with E-state index in [0.29, 0.717) is 12.2 Å². The highest BCUT2D eigenvalue weighted by Gasteiger charge is 2.13. The Bertz CT molecular complexity index is 435. The van der Waals surface area contributed by atoms with Gasteiger partial charge in [-0.25, -0.2) is 0 Å². The third kappa shape index (κ3) is 5.27. The molecule has 5 heteroatoms. The monoisotopic (exact) mass is 280 g/mol. The van der Waals surface area contributed by atoms with Gasteiger partial charge in [-0.1, -0.05) is 25.5 Å². The van der Waals surface area contributed by atoms with E-state index in [0.717, 1.165) is 31.6 Å². The first kappa shape index (κ1) is 16.6. The number of unbranched alkanes of at least 4 members (excludes halogenated alkanes) is 1. The van der Waals surface area contributed by atoms with Crippen molar-refractivity contribution in [1.82, 2.24) is 5.32 Å². The summed E-state index contributed by atoms with van der Waals surface area (Å²) in [4.78, 5) is 10.6. The van der Waals surface area contributed by atoms with Crippen molar-refractivity contribution in [2.24, 2.45) is 0 Å². The maximum absolute atomic E-state index is 10.9. The van der Waals surface area contributed by atoms with Crippen LogP contribution < -0.4 is 5.32 Å². The third-order valence-electron chi connectivity index (χ3n) is 3.27. The molecule has 0 spiro atoms. The molecule has 0 saturated carbocycles. The van der Waals surface area contributed by atoms with Gasteiger partial charge in [0.15, 0.2) is 0 Å². The summed E-state index contributed by atoms with van der Waals surface area (Å²) in [7, 11) is 0. The highest BCUT2D eigenvalue weighted by molar-refractivity contribution is 5.43. The van der Waals surface area contributed by atoms with E-state index >= 15 is 0 Å². The minimum absolute atomic E-state index is 0.0732. The van der Waals surface area contributed by atoms with E-state index in [1.54, 1.807) is 19.1 Å². The SMILES string of the molecule is CCCCOCCNC(C)c1ccc(C)c([N+](=O)[O-])c1. The number of aryl methyl sites for hydroxylation is 1. The first-order chi connectivity index (χ1) is 9.56. The van der Waals surface area contributed by atoms with Crippen LogP contribution in [0.5, 0.6) is 0 Å². The van der Waals surface area contributed by atoms with E-state index < -0.39 is 0 Å². The van der Waals surface area contributed by atoms with E-state index in [1.807, 2.05) is 13.0 Å². The Hall–Kier alpha value is -1.46. The molecule has 1 aromatic carbocycles. The van der Waals surface area contributed by atoms with Gasteiger partial charge in [0.05, 0.1) is 11.5 Å². The molecule has 1 aromatic rings. The molecule has 0 aliphatic carbocycles. The van der Waals surface area contributed by atoms with Gasteiger partial charge in [0.1, 0.15) is 0 Å². The van der Waals surface area contributed by atoms with Crippen LogP contribution in [0.4, 0.5) is 5.69 Å². The molecular formula is C15H24N2O3. The van der Waals surface area contributed by atoms with Crippen LogP contribution in [0.1, 0.15) is 43.9 Å². The van der Waals surface area contributed by atoms with Gasteiger partial charge >= 0.3 is 0 Å². The third-order valence-corrected chi connectivity index (χ3v) is 3.27. The van der Waals surface area contributed by atoms with E-state index in [-0.39, 0.29) is 16.7 Å². The summed E-state index contributed by atoms with van der Waals surface area (Å²) in [6.45, 7) is 8.09. The average Bonchev–Trinajstić information content (AvgIpc) is 2.42. The fourth-order valence-corrected chi connectivity index (χ4v) is 1.91. The van der Waals surface area contributed by atoms with Gasteiger partial charge in [0, 0.05) is 30.8 Å². The minimum Gasteiger partial charge on any atom is -0.380 e. The summed E-state index contributed by atoms with van der Waals surface area (Å²) < 4.78 is 5.47. The largest absolute Gasteiger partial charge is 0.380 e. The number of nitrogens with zero attached hydrogens (tertiary/aromatic N) is 1. The highest BCUT2D eigenvalue weighted by Crippen LogP contribution is 2.22. The van der Waals surface area contributed by atoms with Crippen LogP contribution in [0.2, 0.25) is 0 Å². The topological polar surface area (TPSA) is 64.4 Å². The van der Waals surface area contributed by atoms with Gasteiger partial charge in [0.25, 0.3) is 5.69 Å². The number of ether oxygens (including phenoxy) is 1. The molecule has 0 aliphatic heterocycles. The Morgan fingerprint density at radius 3 is 2.80 bits per heavy atom. The van der Waals surface area contributed by atoms with E-state index in [1.165, 1.54) is 0 Å². The normalized spacial score (nSPS) is 12.3. The Balaban J connectivity index is 2.45. The Morgan fingerprint density at radius 1 is 1.40 bits per heavy atom. The van der Waals surface area contributed by atoms with Gasteiger partial charge in [-0.3, -0.25) is 10.1 Å². The molecule has 1 atom stereocenters. The molecule has 0 aromatic heterocycles. The summed E-state index contributed by atoms with van der Waals surface area (Å²) in [6.07, 6.45) is 2.22. The van der Waals surface area contributed by atoms with Crippen LogP contribution in [0.15, 0.2) is 18.2 Å². The summed E-state index contributed by atoms with van der Waals surface area (Å²) in [5.74, 6) is 0. The first-order valence-corrected chi connectivity index (χ1v) is 7.12. The van der Waals surface area contributed by atoms with Crippen molar-refractivity contribution in [1.29, 1.82) is 0 Å². The smallest absolute Gasteiger partial charge is 0.272 e. The minimum atomic E-state index is -0.334. The molecule has 1 unspecified atom stereocenters. The number of nitro benzene ring substituents is 1. The standard InChI is InChI=1S/C15H24N2O3/c1-4-5-9-20-10-8-16-13(3)14-7-6-12(2)15(11-14)17(18)19/h6-7,11,13,16H,4-5,8-10H2,1-3H3. The summed E-state index contributed by atoms with van der Waals surface area (Å²) in [6, 6.07) is 5.44. The lowest BCUT2D eigenvalue weighted by atomic mass is 10.0. The number of rotatable bonds is 9. The Morgan fingerprint density at radius 2 is 2.15 bits per heavy atom. The van der Waals surface area contributed by atoms with Crippen LogP contribution >= 0.6 is 0 Å². The van der Waals surface area contributed by atoms with E-state index in [4.69, 9.17) is 4.74 Å². The van der Waals surface area contributed by atoms with Gasteiger partial charge in [-0.05, 0) is 25.8 Å². The summed E-state index contributed by atoms with van der Waals surface area (Å²) in [5, 5.41) is 14.2. The van der Waals surface area contributed by atoms with Crippen LogP contribution in [-0.4, -0.2) is 24.7 Å². The molecule has 0 saturated heterocycles. The second-order valence-electron chi connectivity index (χ2n) is 4.94. The fraction of sp³-hybridized carbons (Fsp3) is 0.600. The molecule has 20 heavy (non-hydrogen) atoms. The maximum atomic E-state index is 10.9. The van der Waals surface area contributed by atoms with E-state index in [2.05, 4.69) is 12.2 Å². The molecule has 0 amide bonds. The molecular weight excluding hydrogens is 256 g/mol. The molecule has 1 rings (SSSR count). The Kier molecular flexibility index (Phi) is 7.18. The fourth-order valence-electron chi connectivity index (χ4n) is 1.91. The van der Waals surface area contributed by atoms with Gasteiger partial charge in [-0.15, -0.1) is 0 Å². The number of hydrogen-bond donors (Lipinski definition) is 1. The first-order valence-electron chi connectivity index (χ1n) is 7.12. The zero-order valence-electron chi connectivity index (χ0n) is 12.5. The van der Waals surface area contributed by atoms with Crippen molar-refractivity contribution in [2.75, 3.05) is 19.8 Å². The zero-order valence-corrected chi connectivity index (χ0v) is 12.5. The zero-order chi connectivity index (χ0) is 15.0. The Labute approximate surface area is 120 Å². The second kappa shape index (κ2) is 8.66. The van der Waals surface area contributed by atoms with Gasteiger partial charge in [-0.2, -0.15) is 0 Å². The van der Waals surface area contributed by atoms with Crippen molar-refractivity contribution >= 4 is 5.69 Å². The maximum Gasteiger partial charge on any atom is 0.272 e. The van der Waals surface area contributed by atoms with Crippen LogP contribution in [0.3, 0.4) is 0 Å². The van der Waals surface area contributed by atoms with Gasteiger partial charge < -0.3 is 10.1 Å². The molecule has 1 N–H and O–H groups in total. The number of hydrogen-bond acceptors (Lipinski definition) is 4. The lowest BCUT2D eigenvalue weighted by Crippen LogP contribution is -2.23. The molecule has 112 valence electrons. The predicted octanol–water partition coefficient (Wildman–Crippen LogP) is 3.37. The van der Waals surface area contributed by atoms with Crippen molar-refractivity contribution in [3.05, 3.63) is 39.4 Å². The second-order valence-corrected chi connectivity index (χ2v) is 4.94. The molecule has 0 heterocycles. The predicted molar refractivity (Wildman–Crippen MR) is 80.0 cm³/mol. The number of benzene rings is 1. The summed E-state index contributed by atoms with van der Waals surface area (Å²) in [5.41, 5.74) is 1.79. The molecule has 0 radical (unpaired) electrons.